The van der Waals surface area contributed by atoms with Crippen molar-refractivity contribution in [2.75, 3.05) is 94.0 Å². The van der Waals surface area contributed by atoms with Crippen LogP contribution in [0.4, 0.5) is 0 Å². The van der Waals surface area contributed by atoms with Gasteiger partial charge in [-0.3, -0.25) is 0 Å². The van der Waals surface area contributed by atoms with E-state index in [0.29, 0.717) is 59.5 Å². The molecule has 0 aromatic heterocycles. The fraction of sp³-hybridized carbons (Fsp3) is 1.00. The summed E-state index contributed by atoms with van der Waals surface area (Å²) in [5.41, 5.74) is 0. The van der Waals surface area contributed by atoms with Crippen LogP contribution in [0.25, 0.3) is 0 Å². The Kier molecular flexibility index (Phi) is 48.0. The van der Waals surface area contributed by atoms with Crippen LogP contribution in [0.2, 0.25) is 18.1 Å². The second-order valence-electron chi connectivity index (χ2n) is 16.1. The summed E-state index contributed by atoms with van der Waals surface area (Å²) < 4.78 is 54.5. The second-order valence-corrected chi connectivity index (χ2v) is 38.0. The normalized spacial score (nSPS) is 17.3. The molecule has 21 heteroatoms. The molecule has 0 amide bonds. The summed E-state index contributed by atoms with van der Waals surface area (Å²) in [6, 6.07) is 2.79. The molecule has 396 valence electrons. The van der Waals surface area contributed by atoms with Crippen molar-refractivity contribution in [1.29, 1.82) is 0 Å². The van der Waals surface area contributed by atoms with Crippen molar-refractivity contribution in [3.63, 3.8) is 0 Å². The summed E-state index contributed by atoms with van der Waals surface area (Å²) in [5.74, 6) is 10.0. The highest BCUT2D eigenvalue weighted by Gasteiger charge is 2.41. The van der Waals surface area contributed by atoms with Crippen LogP contribution in [0, 0.1) is 17.8 Å². The third-order valence-corrected chi connectivity index (χ3v) is 35.0. The zero-order valence-corrected chi connectivity index (χ0v) is 53.3. The van der Waals surface area contributed by atoms with Gasteiger partial charge in [0.05, 0.1) is 0 Å². The Morgan fingerprint density at radius 2 is 0.682 bits per heavy atom. The van der Waals surface area contributed by atoms with Crippen LogP contribution in [0.5, 0.6) is 0 Å². The van der Waals surface area contributed by atoms with Crippen LogP contribution >= 0.6 is 94.2 Å². The first-order valence-corrected chi connectivity index (χ1v) is 43.0. The van der Waals surface area contributed by atoms with Crippen molar-refractivity contribution in [3.05, 3.63) is 0 Å². The van der Waals surface area contributed by atoms with E-state index in [2.05, 4.69) is 33.3 Å². The minimum absolute atomic E-state index is 0.656. The maximum atomic E-state index is 6.09. The van der Waals surface area contributed by atoms with Gasteiger partial charge in [0.25, 0.3) is 0 Å². The molecule has 0 bridgehead atoms. The molecule has 9 nitrogen and oxygen atoms in total. The Labute approximate surface area is 445 Å². The van der Waals surface area contributed by atoms with E-state index < -0.39 is 26.4 Å². The van der Waals surface area contributed by atoms with E-state index in [1.165, 1.54) is 106 Å². The van der Waals surface area contributed by atoms with Gasteiger partial charge in [-0.25, -0.2) is 0 Å². The van der Waals surface area contributed by atoms with Gasteiger partial charge in [0.15, 0.2) is 0 Å². The lowest BCUT2D eigenvalue weighted by Crippen LogP contribution is -2.46. The van der Waals surface area contributed by atoms with Crippen LogP contribution in [0.15, 0.2) is 0 Å². The van der Waals surface area contributed by atoms with Crippen LogP contribution in [0.1, 0.15) is 159 Å². The molecule has 3 atom stereocenters. The standard InChI is InChI=1S/C45H96O9S9Si3/c1-10-46-64(47-11-2,48-12-3)39-25-21-19-23-34-56-60-62-58-37-31-44-29-28-43(30-36-55-33-27-41-66(52-16-7,53-17-8)54-18-9)42-45(44)32-38-59-63-61-57-35-24-20-22-26-40-65(49-13-4,50-14-5)51-15-6/h43-45H,10-42H2,1-9H3. The second kappa shape index (κ2) is 46.9. The average molecular weight is 1150 g/mol. The zero-order chi connectivity index (χ0) is 48.3. The lowest BCUT2D eigenvalue weighted by molar-refractivity contribution is 0.0698. The minimum Gasteiger partial charge on any atom is -0.374 e. The summed E-state index contributed by atoms with van der Waals surface area (Å²) in [5, 5.41) is 0. The first kappa shape index (κ1) is 67.5. The summed E-state index contributed by atoms with van der Waals surface area (Å²) >= 11 is 2.13. The van der Waals surface area contributed by atoms with E-state index in [4.69, 9.17) is 39.8 Å². The molecule has 66 heavy (non-hydrogen) atoms. The first-order chi connectivity index (χ1) is 32.3. The lowest BCUT2D eigenvalue weighted by Gasteiger charge is -2.36. The Bertz CT molecular complexity index is 1010. The van der Waals surface area contributed by atoms with Gasteiger partial charge >= 0.3 is 26.4 Å². The fourth-order valence-electron chi connectivity index (χ4n) is 8.49. The Hall–Kier alpha value is 3.44. The summed E-state index contributed by atoms with van der Waals surface area (Å²) in [7, 11) is 8.70. The molecular weight excluding hydrogens is 1060 g/mol. The van der Waals surface area contributed by atoms with Crippen LogP contribution in [-0.4, -0.2) is 120 Å². The zero-order valence-electron chi connectivity index (χ0n) is 42.9. The van der Waals surface area contributed by atoms with E-state index in [9.17, 15) is 0 Å². The van der Waals surface area contributed by atoms with E-state index in [-0.39, 0.29) is 0 Å². The van der Waals surface area contributed by atoms with Crippen molar-refractivity contribution in [2.24, 2.45) is 17.8 Å². The highest BCUT2D eigenvalue weighted by Crippen LogP contribution is 2.48. The van der Waals surface area contributed by atoms with Crippen LogP contribution in [-0.2, 0) is 39.8 Å². The maximum Gasteiger partial charge on any atom is 0.500 e. The molecule has 1 aliphatic carbocycles. The molecular formula is C45H96O9S9Si3. The number of rotatable bonds is 51. The molecule has 1 rings (SSSR count). The lowest BCUT2D eigenvalue weighted by atomic mass is 9.71. The Balaban J connectivity index is 2.45. The number of thioether (sulfide) groups is 1. The summed E-state index contributed by atoms with van der Waals surface area (Å²) in [6.45, 7) is 24.3. The van der Waals surface area contributed by atoms with Gasteiger partial charge in [-0.05, 0) is 195 Å². The molecule has 1 fully saturated rings. The van der Waals surface area contributed by atoms with Crippen LogP contribution < -0.4 is 0 Å². The molecule has 0 saturated heterocycles. The topological polar surface area (TPSA) is 83.1 Å². The third kappa shape index (κ3) is 33.4. The first-order valence-electron chi connectivity index (χ1n) is 25.8. The van der Waals surface area contributed by atoms with Crippen molar-refractivity contribution >= 4 is 121 Å². The van der Waals surface area contributed by atoms with E-state index in [0.717, 1.165) is 60.9 Å². The summed E-state index contributed by atoms with van der Waals surface area (Å²) in [6.07, 6.45) is 19.2. The van der Waals surface area contributed by atoms with Crippen molar-refractivity contribution in [1.82, 2.24) is 0 Å². The molecule has 0 heterocycles. The quantitative estimate of drug-likeness (QED) is 0.0329. The largest absolute Gasteiger partial charge is 0.500 e. The molecule has 0 aliphatic heterocycles. The maximum absolute atomic E-state index is 6.09. The molecule has 1 aliphatic rings. The van der Waals surface area contributed by atoms with Gasteiger partial charge in [0.1, 0.15) is 0 Å². The SMILES string of the molecule is CCO[Si](CCCCCCSSSSCCC1CCC(CCSCCC[Si](OCC)(OCC)OCC)CC1CCSSSSCCCCCC[Si](OCC)(OCC)OCC)(OCC)OCC. The van der Waals surface area contributed by atoms with Gasteiger partial charge in [-0.2, -0.15) is 11.8 Å². The third-order valence-electron chi connectivity index (χ3n) is 11.3. The highest BCUT2D eigenvalue weighted by atomic mass is 33.7. The predicted octanol–water partition coefficient (Wildman–Crippen LogP) is 16.9. The van der Waals surface area contributed by atoms with Crippen molar-refractivity contribution in [3.8, 4) is 0 Å². The van der Waals surface area contributed by atoms with Crippen LogP contribution in [0.3, 0.4) is 0 Å². The molecule has 0 N–H and O–H groups in total. The van der Waals surface area contributed by atoms with Crippen molar-refractivity contribution in [2.45, 2.75) is 177 Å². The molecule has 1 saturated carbocycles. The van der Waals surface area contributed by atoms with E-state index in [1.807, 2.05) is 123 Å². The number of unbranched alkanes of at least 4 members (excludes halogenated alkanes) is 6. The molecule has 0 aromatic rings. The molecule has 0 radical (unpaired) electrons. The number of hydrogen-bond acceptors (Lipinski definition) is 18. The smallest absolute Gasteiger partial charge is 0.374 e. The van der Waals surface area contributed by atoms with Gasteiger partial charge in [0, 0.05) is 101 Å². The Morgan fingerprint density at radius 3 is 1.08 bits per heavy atom. The average Bonchev–Trinajstić information content (AvgIpc) is 3.29. The molecule has 0 spiro atoms. The summed E-state index contributed by atoms with van der Waals surface area (Å²) in [4.78, 5) is 0. The van der Waals surface area contributed by atoms with E-state index >= 15 is 0 Å². The Morgan fingerprint density at radius 1 is 0.333 bits per heavy atom. The number of hydrogen-bond donors (Lipinski definition) is 0. The van der Waals surface area contributed by atoms with Gasteiger partial charge in [-0.1, -0.05) is 75.3 Å². The molecule has 0 aromatic carbocycles. The van der Waals surface area contributed by atoms with Gasteiger partial charge in [-0.15, -0.1) is 0 Å². The monoisotopic (exact) mass is 1150 g/mol. The van der Waals surface area contributed by atoms with Crippen molar-refractivity contribution < 1.29 is 39.8 Å². The predicted molar refractivity (Wildman–Crippen MR) is 314 cm³/mol. The van der Waals surface area contributed by atoms with Gasteiger partial charge < -0.3 is 39.8 Å². The van der Waals surface area contributed by atoms with Gasteiger partial charge in [0.2, 0.25) is 0 Å². The fourth-order valence-corrected chi connectivity index (χ4v) is 30.3. The van der Waals surface area contributed by atoms with E-state index in [1.54, 1.807) is 0 Å². The minimum atomic E-state index is -2.53. The highest BCUT2D eigenvalue weighted by molar-refractivity contribution is 9.26. The molecule has 3 unspecified atom stereocenters.